The van der Waals surface area contributed by atoms with E-state index in [9.17, 15) is 4.79 Å². The summed E-state index contributed by atoms with van der Waals surface area (Å²) in [5.74, 6) is -0.0211. The first-order valence-electron chi connectivity index (χ1n) is 4.31. The lowest BCUT2D eigenvalue weighted by Crippen LogP contribution is -2.11. The Hall–Kier alpha value is -1.83. The molecule has 2 aromatic heterocycles. The average Bonchev–Trinajstić information content (AvgIpc) is 2.72. The summed E-state index contributed by atoms with van der Waals surface area (Å²) in [7, 11) is 1.28. The number of thioether (sulfide) groups is 1. The Balaban J connectivity index is 2.64. The highest BCUT2D eigenvalue weighted by atomic mass is 32.2. The van der Waals surface area contributed by atoms with E-state index in [4.69, 9.17) is 5.73 Å². The molecule has 16 heavy (non-hydrogen) atoms. The highest BCUT2D eigenvalue weighted by molar-refractivity contribution is 7.98. The monoisotopic (exact) mass is 239 g/mol. The van der Waals surface area contributed by atoms with Crippen molar-refractivity contribution in [2.75, 3.05) is 19.1 Å². The molecule has 0 unspecified atom stereocenters. The van der Waals surface area contributed by atoms with Gasteiger partial charge in [-0.15, -0.1) is 5.10 Å². The minimum absolute atomic E-state index is 0.171. The smallest absolute Gasteiger partial charge is 0.343 e. The summed E-state index contributed by atoms with van der Waals surface area (Å²) in [4.78, 5) is 19.4. The van der Waals surface area contributed by atoms with E-state index >= 15 is 0 Å². The Labute approximate surface area is 95.0 Å². The van der Waals surface area contributed by atoms with Crippen LogP contribution >= 0.6 is 11.8 Å². The average molecular weight is 239 g/mol. The standard InChI is InChI=1S/C8H9N5O2S/c1-15-6(14)4-3-10-7-11-8(16-2)12-13(7)5(4)9/h3H,9H2,1-2H3. The van der Waals surface area contributed by atoms with E-state index in [1.54, 1.807) is 0 Å². The van der Waals surface area contributed by atoms with Gasteiger partial charge in [0.2, 0.25) is 5.16 Å². The van der Waals surface area contributed by atoms with Crippen LogP contribution in [0.25, 0.3) is 5.78 Å². The molecule has 0 spiro atoms. The van der Waals surface area contributed by atoms with Crippen molar-refractivity contribution in [3.8, 4) is 0 Å². The number of nitrogens with two attached hydrogens (primary N) is 1. The molecule has 0 aliphatic rings. The number of carbonyl (C=O) groups is 1. The van der Waals surface area contributed by atoms with Gasteiger partial charge in [0.05, 0.1) is 7.11 Å². The maximum absolute atomic E-state index is 11.3. The predicted molar refractivity (Wildman–Crippen MR) is 58.3 cm³/mol. The van der Waals surface area contributed by atoms with Crippen molar-refractivity contribution in [1.29, 1.82) is 0 Å². The molecule has 2 aromatic rings. The summed E-state index contributed by atoms with van der Waals surface area (Å²) in [5, 5.41) is 4.62. The van der Waals surface area contributed by atoms with Crippen LogP contribution in [-0.4, -0.2) is 38.9 Å². The van der Waals surface area contributed by atoms with Gasteiger partial charge in [0, 0.05) is 6.20 Å². The molecule has 0 saturated heterocycles. The van der Waals surface area contributed by atoms with Crippen molar-refractivity contribution in [3.63, 3.8) is 0 Å². The lowest BCUT2D eigenvalue weighted by atomic mass is 10.3. The van der Waals surface area contributed by atoms with Gasteiger partial charge in [0.25, 0.3) is 5.78 Å². The largest absolute Gasteiger partial charge is 0.465 e. The highest BCUT2D eigenvalue weighted by Gasteiger charge is 2.15. The Morgan fingerprint density at radius 2 is 2.38 bits per heavy atom. The molecule has 0 radical (unpaired) electrons. The van der Waals surface area contributed by atoms with Crippen LogP contribution < -0.4 is 5.73 Å². The van der Waals surface area contributed by atoms with Crippen LogP contribution in [0.2, 0.25) is 0 Å². The maximum atomic E-state index is 11.3. The molecule has 0 amide bonds. The lowest BCUT2D eigenvalue weighted by molar-refractivity contribution is 0.0601. The second-order valence-electron chi connectivity index (χ2n) is 2.86. The molecule has 0 atom stereocenters. The fourth-order valence-corrected chi connectivity index (χ4v) is 1.52. The maximum Gasteiger partial charge on any atom is 0.343 e. The first-order chi connectivity index (χ1) is 7.67. The molecule has 2 N–H and O–H groups in total. The lowest BCUT2D eigenvalue weighted by Gasteiger charge is -2.03. The van der Waals surface area contributed by atoms with Crippen LogP contribution in [0, 0.1) is 0 Å². The molecule has 0 aliphatic carbocycles. The number of esters is 1. The van der Waals surface area contributed by atoms with Crippen molar-refractivity contribution in [3.05, 3.63) is 11.8 Å². The number of nitrogen functional groups attached to an aromatic ring is 1. The van der Waals surface area contributed by atoms with Crippen LogP contribution in [0.5, 0.6) is 0 Å². The molecule has 0 fully saturated rings. The summed E-state index contributed by atoms with van der Waals surface area (Å²) in [6.07, 6.45) is 3.17. The fourth-order valence-electron chi connectivity index (χ4n) is 1.19. The van der Waals surface area contributed by atoms with Crippen LogP contribution in [0.4, 0.5) is 5.82 Å². The molecule has 0 saturated carbocycles. The quantitative estimate of drug-likeness (QED) is 0.591. The van der Waals surface area contributed by atoms with Gasteiger partial charge >= 0.3 is 5.97 Å². The molecule has 7 nitrogen and oxygen atoms in total. The third-order valence-electron chi connectivity index (χ3n) is 1.97. The van der Waals surface area contributed by atoms with Gasteiger partial charge in [-0.05, 0) is 6.26 Å². The first-order valence-corrected chi connectivity index (χ1v) is 5.53. The van der Waals surface area contributed by atoms with Crippen LogP contribution in [0.3, 0.4) is 0 Å². The van der Waals surface area contributed by atoms with Crippen molar-refractivity contribution in [2.24, 2.45) is 0 Å². The fraction of sp³-hybridized carbons (Fsp3) is 0.250. The second kappa shape index (κ2) is 3.97. The second-order valence-corrected chi connectivity index (χ2v) is 3.63. The number of rotatable bonds is 2. The molecular weight excluding hydrogens is 230 g/mol. The Morgan fingerprint density at radius 3 is 3.00 bits per heavy atom. The Bertz CT molecular complexity index is 553. The molecular formula is C8H9N5O2S. The molecule has 2 rings (SSSR count). The van der Waals surface area contributed by atoms with E-state index in [1.807, 2.05) is 6.26 Å². The van der Waals surface area contributed by atoms with Gasteiger partial charge in [-0.25, -0.2) is 9.78 Å². The van der Waals surface area contributed by atoms with Gasteiger partial charge in [0.1, 0.15) is 11.4 Å². The summed E-state index contributed by atoms with van der Waals surface area (Å²) in [5.41, 5.74) is 5.95. The minimum Gasteiger partial charge on any atom is -0.465 e. The predicted octanol–water partition coefficient (Wildman–Crippen LogP) is 0.215. The molecule has 84 valence electrons. The van der Waals surface area contributed by atoms with Gasteiger partial charge in [0.15, 0.2) is 0 Å². The van der Waals surface area contributed by atoms with Crippen molar-refractivity contribution in [2.45, 2.75) is 5.16 Å². The van der Waals surface area contributed by atoms with Gasteiger partial charge < -0.3 is 10.5 Å². The number of hydrogen-bond donors (Lipinski definition) is 1. The third-order valence-corrected chi connectivity index (χ3v) is 2.51. The van der Waals surface area contributed by atoms with E-state index in [1.165, 1.54) is 29.6 Å². The summed E-state index contributed by atoms with van der Waals surface area (Å²) < 4.78 is 5.89. The van der Waals surface area contributed by atoms with Crippen molar-refractivity contribution < 1.29 is 9.53 Å². The Kier molecular flexibility index (Phi) is 2.65. The molecule has 2 heterocycles. The number of ether oxygens (including phenoxy) is 1. The number of carbonyl (C=O) groups excluding carboxylic acids is 1. The minimum atomic E-state index is -0.548. The third kappa shape index (κ3) is 1.56. The molecule has 0 bridgehead atoms. The van der Waals surface area contributed by atoms with E-state index in [0.717, 1.165) is 0 Å². The molecule has 8 heteroatoms. The number of anilines is 1. The molecule has 0 aliphatic heterocycles. The van der Waals surface area contributed by atoms with Crippen LogP contribution in [0.15, 0.2) is 11.4 Å². The van der Waals surface area contributed by atoms with E-state index < -0.39 is 5.97 Å². The number of fused-ring (bicyclic) bond motifs is 1. The first kappa shape index (κ1) is 10.7. The molecule has 0 aromatic carbocycles. The topological polar surface area (TPSA) is 95.4 Å². The summed E-state index contributed by atoms with van der Waals surface area (Å²) in [6.45, 7) is 0. The SMILES string of the molecule is COC(=O)c1cnc2nc(SC)nn2c1N. The number of aromatic nitrogens is 4. The zero-order chi connectivity index (χ0) is 11.7. The Morgan fingerprint density at radius 1 is 1.62 bits per heavy atom. The van der Waals surface area contributed by atoms with E-state index in [-0.39, 0.29) is 11.4 Å². The highest BCUT2D eigenvalue weighted by Crippen LogP contribution is 2.15. The zero-order valence-corrected chi connectivity index (χ0v) is 9.48. The van der Waals surface area contributed by atoms with Gasteiger partial charge in [-0.3, -0.25) is 0 Å². The van der Waals surface area contributed by atoms with E-state index in [0.29, 0.717) is 10.9 Å². The van der Waals surface area contributed by atoms with Crippen molar-refractivity contribution >= 4 is 29.3 Å². The van der Waals surface area contributed by atoms with Gasteiger partial charge in [-0.1, -0.05) is 11.8 Å². The number of nitrogens with zero attached hydrogens (tertiary/aromatic N) is 4. The van der Waals surface area contributed by atoms with Crippen LogP contribution in [0.1, 0.15) is 10.4 Å². The zero-order valence-electron chi connectivity index (χ0n) is 8.67. The van der Waals surface area contributed by atoms with Gasteiger partial charge in [-0.2, -0.15) is 9.50 Å². The number of hydrogen-bond acceptors (Lipinski definition) is 7. The summed E-state index contributed by atoms with van der Waals surface area (Å²) in [6, 6.07) is 0. The van der Waals surface area contributed by atoms with Crippen molar-refractivity contribution in [1.82, 2.24) is 19.6 Å². The normalized spacial score (nSPS) is 10.6. The summed E-state index contributed by atoms with van der Waals surface area (Å²) >= 11 is 1.37. The number of methoxy groups -OCH3 is 1. The van der Waals surface area contributed by atoms with Crippen LogP contribution in [-0.2, 0) is 4.74 Å². The van der Waals surface area contributed by atoms with E-state index in [2.05, 4.69) is 19.8 Å².